The van der Waals surface area contributed by atoms with Crippen molar-refractivity contribution < 1.29 is 23.0 Å². The van der Waals surface area contributed by atoms with E-state index in [1.807, 2.05) is 6.92 Å². The summed E-state index contributed by atoms with van der Waals surface area (Å²) in [5.74, 6) is -0.547. The van der Waals surface area contributed by atoms with Crippen molar-refractivity contribution in [2.24, 2.45) is 11.8 Å². The maximum atomic E-state index is 14.6. The van der Waals surface area contributed by atoms with Crippen LogP contribution in [0.4, 0.5) is 8.78 Å². The molecule has 1 saturated carbocycles. The summed E-state index contributed by atoms with van der Waals surface area (Å²) in [7, 11) is 0. The standard InChI is InChI=1S/C25H36F2O3/c1-3-5-15-28-22-13-12-21(24(26)25(22)27)20-11-14-23(30-17-20)29-16-19-9-7-18(6-4-2)8-10-19/h4,6,12-13,18-20,23H,3,5,7-11,14-17H2,1-2H3. The molecule has 0 spiro atoms. The van der Waals surface area contributed by atoms with Crippen LogP contribution in [0.2, 0.25) is 0 Å². The van der Waals surface area contributed by atoms with Crippen molar-refractivity contribution in [1.82, 2.24) is 0 Å². The highest BCUT2D eigenvalue weighted by Gasteiger charge is 2.28. The number of hydrogen-bond donors (Lipinski definition) is 0. The third kappa shape index (κ3) is 6.27. The summed E-state index contributed by atoms with van der Waals surface area (Å²) in [5.41, 5.74) is 0.371. The molecule has 1 heterocycles. The van der Waals surface area contributed by atoms with Gasteiger partial charge in [0.1, 0.15) is 0 Å². The fourth-order valence-corrected chi connectivity index (χ4v) is 4.47. The molecular formula is C25H36F2O3. The van der Waals surface area contributed by atoms with E-state index in [-0.39, 0.29) is 18.0 Å². The maximum Gasteiger partial charge on any atom is 0.200 e. The van der Waals surface area contributed by atoms with Gasteiger partial charge in [-0.25, -0.2) is 4.39 Å². The molecule has 168 valence electrons. The maximum absolute atomic E-state index is 14.6. The van der Waals surface area contributed by atoms with Crippen LogP contribution in [-0.4, -0.2) is 26.1 Å². The molecule has 1 aromatic rings. The van der Waals surface area contributed by atoms with E-state index in [0.29, 0.717) is 31.1 Å². The van der Waals surface area contributed by atoms with Gasteiger partial charge < -0.3 is 14.2 Å². The van der Waals surface area contributed by atoms with Gasteiger partial charge in [0.15, 0.2) is 17.9 Å². The van der Waals surface area contributed by atoms with Crippen LogP contribution >= 0.6 is 0 Å². The third-order valence-electron chi connectivity index (χ3n) is 6.38. The Morgan fingerprint density at radius 3 is 2.53 bits per heavy atom. The van der Waals surface area contributed by atoms with E-state index >= 15 is 0 Å². The average molecular weight is 423 g/mol. The minimum Gasteiger partial charge on any atom is -0.490 e. The van der Waals surface area contributed by atoms with E-state index in [0.717, 1.165) is 31.8 Å². The van der Waals surface area contributed by atoms with Gasteiger partial charge in [-0.2, -0.15) is 4.39 Å². The van der Waals surface area contributed by atoms with Gasteiger partial charge in [0.2, 0.25) is 5.82 Å². The first-order chi connectivity index (χ1) is 14.6. The van der Waals surface area contributed by atoms with Gasteiger partial charge in [0, 0.05) is 5.92 Å². The second kappa shape index (κ2) is 11.8. The first-order valence-electron chi connectivity index (χ1n) is 11.6. The smallest absolute Gasteiger partial charge is 0.200 e. The van der Waals surface area contributed by atoms with E-state index in [1.54, 1.807) is 6.07 Å². The molecule has 0 bridgehead atoms. The Bertz CT molecular complexity index is 675. The predicted octanol–water partition coefficient (Wildman–Crippen LogP) is 6.76. The summed E-state index contributed by atoms with van der Waals surface area (Å²) >= 11 is 0. The van der Waals surface area contributed by atoms with Crippen molar-refractivity contribution >= 4 is 0 Å². The number of allylic oxidation sites excluding steroid dienone is 2. The molecule has 0 aromatic heterocycles. The van der Waals surface area contributed by atoms with Gasteiger partial charge in [-0.3, -0.25) is 0 Å². The molecule has 1 aliphatic carbocycles. The van der Waals surface area contributed by atoms with Gasteiger partial charge in [-0.05, 0) is 75.3 Å². The van der Waals surface area contributed by atoms with E-state index in [2.05, 4.69) is 19.1 Å². The molecule has 2 fully saturated rings. The summed E-state index contributed by atoms with van der Waals surface area (Å²) in [4.78, 5) is 0. The van der Waals surface area contributed by atoms with Gasteiger partial charge in [-0.1, -0.05) is 31.6 Å². The molecule has 0 radical (unpaired) electrons. The zero-order chi connectivity index (χ0) is 21.3. The zero-order valence-corrected chi connectivity index (χ0v) is 18.4. The highest BCUT2D eigenvalue weighted by Crippen LogP contribution is 2.35. The van der Waals surface area contributed by atoms with Crippen LogP contribution in [-0.2, 0) is 9.47 Å². The normalized spacial score (nSPS) is 27.5. The van der Waals surface area contributed by atoms with Crippen molar-refractivity contribution in [3.63, 3.8) is 0 Å². The van der Waals surface area contributed by atoms with Crippen molar-refractivity contribution in [3.05, 3.63) is 41.5 Å². The van der Waals surface area contributed by atoms with Crippen LogP contribution in [0.1, 0.15) is 76.7 Å². The van der Waals surface area contributed by atoms with Crippen LogP contribution in [0, 0.1) is 23.5 Å². The van der Waals surface area contributed by atoms with E-state index < -0.39 is 11.6 Å². The Morgan fingerprint density at radius 1 is 1.07 bits per heavy atom. The van der Waals surface area contributed by atoms with E-state index in [9.17, 15) is 8.78 Å². The second-order valence-electron chi connectivity index (χ2n) is 8.66. The summed E-state index contributed by atoms with van der Waals surface area (Å²) in [5, 5.41) is 0. The molecule has 2 atom stereocenters. The van der Waals surface area contributed by atoms with E-state index in [4.69, 9.17) is 14.2 Å². The fraction of sp³-hybridized carbons (Fsp3) is 0.680. The highest BCUT2D eigenvalue weighted by molar-refractivity contribution is 5.33. The van der Waals surface area contributed by atoms with Crippen molar-refractivity contribution in [2.45, 2.75) is 77.4 Å². The second-order valence-corrected chi connectivity index (χ2v) is 8.66. The first-order valence-corrected chi connectivity index (χ1v) is 11.6. The zero-order valence-electron chi connectivity index (χ0n) is 18.4. The Balaban J connectivity index is 1.43. The molecule has 1 aromatic carbocycles. The number of hydrogen-bond acceptors (Lipinski definition) is 3. The lowest BCUT2D eigenvalue weighted by Gasteiger charge is -2.32. The topological polar surface area (TPSA) is 27.7 Å². The van der Waals surface area contributed by atoms with Crippen LogP contribution in [0.5, 0.6) is 5.75 Å². The van der Waals surface area contributed by atoms with Crippen LogP contribution in [0.3, 0.4) is 0 Å². The molecule has 5 heteroatoms. The monoisotopic (exact) mass is 422 g/mol. The van der Waals surface area contributed by atoms with Crippen LogP contribution in [0.25, 0.3) is 0 Å². The Labute approximate surface area is 179 Å². The molecule has 3 nitrogen and oxygen atoms in total. The van der Waals surface area contributed by atoms with Crippen molar-refractivity contribution in [3.8, 4) is 5.75 Å². The molecule has 30 heavy (non-hydrogen) atoms. The lowest BCUT2D eigenvalue weighted by molar-refractivity contribution is -0.175. The molecular weight excluding hydrogens is 386 g/mol. The average Bonchev–Trinajstić information content (AvgIpc) is 2.77. The number of ether oxygens (including phenoxy) is 3. The minimum atomic E-state index is -0.893. The highest BCUT2D eigenvalue weighted by atomic mass is 19.2. The van der Waals surface area contributed by atoms with Gasteiger partial charge in [0.25, 0.3) is 0 Å². The summed E-state index contributed by atoms with van der Waals surface area (Å²) in [6, 6.07) is 3.17. The first kappa shape index (κ1) is 23.2. The number of unbranched alkanes of at least 4 members (excludes halogenated alkanes) is 1. The minimum absolute atomic E-state index is 0.00761. The van der Waals surface area contributed by atoms with E-state index in [1.165, 1.54) is 31.7 Å². The quantitative estimate of drug-likeness (QED) is 0.325. The van der Waals surface area contributed by atoms with Crippen molar-refractivity contribution in [1.29, 1.82) is 0 Å². The Hall–Kier alpha value is -1.46. The Kier molecular flexibility index (Phi) is 9.13. The lowest BCUT2D eigenvalue weighted by atomic mass is 9.82. The largest absolute Gasteiger partial charge is 0.490 e. The van der Waals surface area contributed by atoms with Gasteiger partial charge in [0.05, 0.1) is 19.8 Å². The molecule has 1 saturated heterocycles. The fourth-order valence-electron chi connectivity index (χ4n) is 4.47. The molecule has 0 amide bonds. The van der Waals surface area contributed by atoms with Gasteiger partial charge in [-0.15, -0.1) is 0 Å². The lowest BCUT2D eigenvalue weighted by Crippen LogP contribution is -2.30. The van der Waals surface area contributed by atoms with Crippen LogP contribution < -0.4 is 4.74 Å². The number of halogens is 2. The molecule has 0 N–H and O–H groups in total. The SMILES string of the molecule is CC=CC1CCC(COC2CCC(c3ccc(OCCCC)c(F)c3F)CO2)CC1. The molecule has 2 aliphatic rings. The molecule has 2 unspecified atom stereocenters. The predicted molar refractivity (Wildman–Crippen MR) is 115 cm³/mol. The summed E-state index contributed by atoms with van der Waals surface area (Å²) < 4.78 is 46.1. The number of rotatable bonds is 9. The Morgan fingerprint density at radius 2 is 1.87 bits per heavy atom. The van der Waals surface area contributed by atoms with Crippen molar-refractivity contribution in [2.75, 3.05) is 19.8 Å². The third-order valence-corrected chi connectivity index (χ3v) is 6.38. The summed E-state index contributed by atoms with van der Waals surface area (Å²) in [6.07, 6.45) is 12.3. The molecule has 3 rings (SSSR count). The summed E-state index contributed by atoms with van der Waals surface area (Å²) in [6.45, 7) is 5.59. The number of benzene rings is 1. The molecule has 1 aliphatic heterocycles. The van der Waals surface area contributed by atoms with Gasteiger partial charge >= 0.3 is 0 Å². The van der Waals surface area contributed by atoms with Crippen LogP contribution in [0.15, 0.2) is 24.3 Å².